The van der Waals surface area contributed by atoms with E-state index in [0.29, 0.717) is 17.2 Å². The highest BCUT2D eigenvalue weighted by molar-refractivity contribution is 6.31. The lowest BCUT2D eigenvalue weighted by atomic mass is 9.98. The summed E-state index contributed by atoms with van der Waals surface area (Å²) >= 11 is 6.17. The quantitative estimate of drug-likeness (QED) is 0.205. The Morgan fingerprint density at radius 3 is 2.62 bits per heavy atom. The number of aromatic nitrogens is 1. The summed E-state index contributed by atoms with van der Waals surface area (Å²) in [6.45, 7) is 5.55. The topological polar surface area (TPSA) is 48.3 Å². The number of carbonyl (C=O) groups excluding carboxylic acids is 2. The van der Waals surface area contributed by atoms with Gasteiger partial charge in [-0.05, 0) is 55.9 Å². The number of hydrogen-bond donors (Lipinski definition) is 0. The molecule has 174 valence electrons. The molecular weight excluding hydrogens is 422 g/mol. The van der Waals surface area contributed by atoms with Crippen molar-refractivity contribution in [3.8, 4) is 0 Å². The molecule has 1 unspecified atom stereocenters. The summed E-state index contributed by atoms with van der Waals surface area (Å²) in [4.78, 5) is 26.6. The van der Waals surface area contributed by atoms with Crippen molar-refractivity contribution in [3.63, 3.8) is 0 Å². The molecule has 1 aromatic heterocycles. The molecule has 0 spiro atoms. The number of unbranched alkanes of at least 4 members (excludes halogenated alkanes) is 4. The largest absolute Gasteiger partial charge is 0.465 e. The molecular formula is C27H36ClNO3. The number of carbonyl (C=O) groups is 2. The van der Waals surface area contributed by atoms with Crippen LogP contribution in [-0.4, -0.2) is 22.9 Å². The normalized spacial score (nSPS) is 15.8. The Labute approximate surface area is 197 Å². The standard InChI is InChI=1S/C27H36ClNO3/c1-3-5-7-10-17-32-27(31)23-15-8-9-16-29-24(23)19-20(12-6-4-2)25(29)26(30)21-13-11-14-22(28)18-21/h11,13-14,18-19,23H,3-10,12,15-17H2,1-2H3. The Balaban J connectivity index is 1.91. The summed E-state index contributed by atoms with van der Waals surface area (Å²) in [6, 6.07) is 9.23. The van der Waals surface area contributed by atoms with E-state index in [9.17, 15) is 9.59 Å². The molecule has 0 fully saturated rings. The first kappa shape index (κ1) is 24.6. The van der Waals surface area contributed by atoms with E-state index in [0.717, 1.165) is 81.3 Å². The van der Waals surface area contributed by atoms with Crippen molar-refractivity contribution in [1.29, 1.82) is 0 Å². The summed E-state index contributed by atoms with van der Waals surface area (Å²) < 4.78 is 7.78. The second kappa shape index (κ2) is 12.2. The number of aryl methyl sites for hydroxylation is 1. The first-order valence-electron chi connectivity index (χ1n) is 12.3. The van der Waals surface area contributed by atoms with E-state index in [1.165, 1.54) is 6.42 Å². The molecule has 1 aromatic carbocycles. The number of rotatable bonds is 11. The molecule has 0 amide bonds. The molecule has 0 bridgehead atoms. The smallest absolute Gasteiger partial charge is 0.314 e. The van der Waals surface area contributed by atoms with Gasteiger partial charge in [0.05, 0.1) is 18.2 Å². The highest BCUT2D eigenvalue weighted by Crippen LogP contribution is 2.34. The molecule has 32 heavy (non-hydrogen) atoms. The van der Waals surface area contributed by atoms with E-state index >= 15 is 0 Å². The predicted molar refractivity (Wildman–Crippen MR) is 130 cm³/mol. The van der Waals surface area contributed by atoms with Crippen molar-refractivity contribution in [1.82, 2.24) is 4.57 Å². The van der Waals surface area contributed by atoms with E-state index < -0.39 is 0 Å². The molecule has 0 aliphatic carbocycles. The molecule has 5 heteroatoms. The van der Waals surface area contributed by atoms with Gasteiger partial charge in [0.15, 0.2) is 0 Å². The number of halogens is 1. The minimum Gasteiger partial charge on any atom is -0.465 e. The Kier molecular flexibility index (Phi) is 9.40. The Morgan fingerprint density at radius 2 is 1.88 bits per heavy atom. The van der Waals surface area contributed by atoms with Gasteiger partial charge in [0.2, 0.25) is 5.78 Å². The monoisotopic (exact) mass is 457 g/mol. The van der Waals surface area contributed by atoms with Crippen LogP contribution in [-0.2, 0) is 22.5 Å². The van der Waals surface area contributed by atoms with E-state index in [2.05, 4.69) is 24.5 Å². The van der Waals surface area contributed by atoms with Gasteiger partial charge in [-0.1, -0.05) is 69.7 Å². The van der Waals surface area contributed by atoms with Crippen molar-refractivity contribution in [2.75, 3.05) is 6.61 Å². The van der Waals surface area contributed by atoms with Gasteiger partial charge >= 0.3 is 5.97 Å². The summed E-state index contributed by atoms with van der Waals surface area (Å²) in [7, 11) is 0. The summed E-state index contributed by atoms with van der Waals surface area (Å²) in [5.41, 5.74) is 3.29. The molecule has 0 N–H and O–H groups in total. The summed E-state index contributed by atoms with van der Waals surface area (Å²) in [6.07, 6.45) is 9.88. The molecule has 0 saturated carbocycles. The fourth-order valence-corrected chi connectivity index (χ4v) is 4.75. The van der Waals surface area contributed by atoms with Crippen molar-refractivity contribution in [2.24, 2.45) is 0 Å². The average Bonchev–Trinajstić information content (AvgIpc) is 3.01. The lowest BCUT2D eigenvalue weighted by molar-refractivity contribution is -0.146. The van der Waals surface area contributed by atoms with E-state index in [-0.39, 0.29) is 17.7 Å². The van der Waals surface area contributed by atoms with Crippen molar-refractivity contribution in [2.45, 2.75) is 90.5 Å². The molecule has 4 nitrogen and oxygen atoms in total. The predicted octanol–water partition coefficient (Wildman–Crippen LogP) is 7.11. The van der Waals surface area contributed by atoms with Gasteiger partial charge in [-0.2, -0.15) is 0 Å². The van der Waals surface area contributed by atoms with Crippen LogP contribution >= 0.6 is 11.6 Å². The van der Waals surface area contributed by atoms with Crippen LogP contribution in [0.1, 0.15) is 105 Å². The van der Waals surface area contributed by atoms with Gasteiger partial charge in [0, 0.05) is 22.8 Å². The average molecular weight is 458 g/mol. The van der Waals surface area contributed by atoms with Gasteiger partial charge in [-0.25, -0.2) is 0 Å². The van der Waals surface area contributed by atoms with Gasteiger partial charge in [-0.3, -0.25) is 9.59 Å². The maximum Gasteiger partial charge on any atom is 0.314 e. The van der Waals surface area contributed by atoms with Crippen LogP contribution < -0.4 is 0 Å². The maximum atomic E-state index is 13.6. The molecule has 1 aliphatic heterocycles. The number of fused-ring (bicyclic) bond motifs is 1. The van der Waals surface area contributed by atoms with Crippen LogP contribution in [0.25, 0.3) is 0 Å². The van der Waals surface area contributed by atoms with Gasteiger partial charge in [0.25, 0.3) is 0 Å². The molecule has 1 atom stereocenters. The SMILES string of the molecule is CCCCCCOC(=O)C1CCCCn2c1cc(CCCC)c2C(=O)c1cccc(Cl)c1. The van der Waals surface area contributed by atoms with E-state index in [1.807, 2.05) is 12.1 Å². The van der Waals surface area contributed by atoms with Crippen molar-refractivity contribution in [3.05, 3.63) is 57.9 Å². The maximum absolute atomic E-state index is 13.6. The van der Waals surface area contributed by atoms with Crippen LogP contribution in [0.2, 0.25) is 5.02 Å². The molecule has 3 rings (SSSR count). The first-order chi connectivity index (χ1) is 15.6. The molecule has 0 saturated heterocycles. The zero-order valence-corrected chi connectivity index (χ0v) is 20.3. The third-order valence-electron chi connectivity index (χ3n) is 6.32. The number of benzene rings is 1. The Bertz CT molecular complexity index is 918. The van der Waals surface area contributed by atoms with Gasteiger partial charge in [-0.15, -0.1) is 0 Å². The molecule has 2 aromatic rings. The Morgan fingerprint density at radius 1 is 1.06 bits per heavy atom. The number of ketones is 1. The van der Waals surface area contributed by atoms with Crippen molar-refractivity contribution < 1.29 is 14.3 Å². The number of esters is 1. The highest BCUT2D eigenvalue weighted by Gasteiger charge is 2.32. The second-order valence-electron chi connectivity index (χ2n) is 8.81. The molecule has 2 heterocycles. The second-order valence-corrected chi connectivity index (χ2v) is 9.25. The van der Waals surface area contributed by atoms with Crippen LogP contribution in [0.4, 0.5) is 0 Å². The highest BCUT2D eigenvalue weighted by atomic mass is 35.5. The fourth-order valence-electron chi connectivity index (χ4n) is 4.56. The third-order valence-corrected chi connectivity index (χ3v) is 6.55. The zero-order chi connectivity index (χ0) is 22.9. The third kappa shape index (κ3) is 6.04. The van der Waals surface area contributed by atoms with E-state index in [1.54, 1.807) is 12.1 Å². The minimum atomic E-state index is -0.301. The van der Waals surface area contributed by atoms with Gasteiger partial charge in [0.1, 0.15) is 0 Å². The fraction of sp³-hybridized carbons (Fsp3) is 0.556. The Hall–Kier alpha value is -2.07. The van der Waals surface area contributed by atoms with Crippen LogP contribution in [0.15, 0.2) is 30.3 Å². The minimum absolute atomic E-state index is 0.0153. The van der Waals surface area contributed by atoms with E-state index in [4.69, 9.17) is 16.3 Å². The van der Waals surface area contributed by atoms with Crippen molar-refractivity contribution >= 4 is 23.4 Å². The lowest BCUT2D eigenvalue weighted by Crippen LogP contribution is -2.20. The van der Waals surface area contributed by atoms with Gasteiger partial charge < -0.3 is 9.30 Å². The number of ether oxygens (including phenoxy) is 1. The van der Waals surface area contributed by atoms with Crippen LogP contribution in [0, 0.1) is 0 Å². The summed E-state index contributed by atoms with van der Waals surface area (Å²) in [5.74, 6) is -0.464. The first-order valence-corrected chi connectivity index (χ1v) is 12.6. The molecule has 0 radical (unpaired) electrons. The lowest BCUT2D eigenvalue weighted by Gasteiger charge is -2.16. The van der Waals surface area contributed by atoms with Crippen LogP contribution in [0.5, 0.6) is 0 Å². The summed E-state index contributed by atoms with van der Waals surface area (Å²) in [5, 5.41) is 0.554. The number of hydrogen-bond acceptors (Lipinski definition) is 3. The van der Waals surface area contributed by atoms with Crippen LogP contribution in [0.3, 0.4) is 0 Å². The zero-order valence-electron chi connectivity index (χ0n) is 19.5. The molecule has 1 aliphatic rings. The number of nitrogens with zero attached hydrogens (tertiary/aromatic N) is 1.